The van der Waals surface area contributed by atoms with E-state index in [1.807, 2.05) is 0 Å². The molecule has 3 nitrogen and oxygen atoms in total. The fourth-order valence-electron chi connectivity index (χ4n) is 3.18. The van der Waals surface area contributed by atoms with Gasteiger partial charge in [0, 0.05) is 36.3 Å². The molecule has 116 valence electrons. The van der Waals surface area contributed by atoms with Crippen LogP contribution in [-0.2, 0) is 6.54 Å². The Kier molecular flexibility index (Phi) is 4.57. The minimum absolute atomic E-state index is 0.493. The fourth-order valence-corrected chi connectivity index (χ4v) is 3.69. The molecule has 1 aromatic rings. The van der Waals surface area contributed by atoms with Crippen molar-refractivity contribution in [3.8, 4) is 0 Å². The van der Waals surface area contributed by atoms with Gasteiger partial charge >= 0.3 is 0 Å². The summed E-state index contributed by atoms with van der Waals surface area (Å²) in [5, 5.41) is 14.1. The van der Waals surface area contributed by atoms with Gasteiger partial charge in [-0.1, -0.05) is 34.8 Å². The molecule has 21 heavy (non-hydrogen) atoms. The number of hydrogen-bond donors (Lipinski definition) is 2. The number of halogens is 1. The summed E-state index contributed by atoms with van der Waals surface area (Å²) in [4.78, 5) is 2.17. The van der Waals surface area contributed by atoms with Crippen molar-refractivity contribution in [3.63, 3.8) is 0 Å². The smallest absolute Gasteiger partial charge is 0.0821 e. The van der Waals surface area contributed by atoms with Crippen molar-refractivity contribution >= 4 is 21.6 Å². The zero-order valence-corrected chi connectivity index (χ0v) is 14.3. The number of nitrogens with one attached hydrogen (secondary N) is 1. The standard InChI is InChI=1S/C17H25BrN2O/c1-20(12-17(21)8-2-3-9-17)15-7-4-13(16(18)10-15)11-19-14-5-6-14/h4,7,10,14,19,21H,2-3,5-6,8-9,11-12H2,1H3. The van der Waals surface area contributed by atoms with Crippen LogP contribution in [0, 0.1) is 0 Å². The topological polar surface area (TPSA) is 35.5 Å². The lowest BCUT2D eigenvalue weighted by atomic mass is 10.0. The monoisotopic (exact) mass is 352 g/mol. The Balaban J connectivity index is 1.62. The predicted octanol–water partition coefficient (Wildman–Crippen LogP) is 3.44. The van der Waals surface area contributed by atoms with Gasteiger partial charge in [0.2, 0.25) is 0 Å². The molecule has 0 atom stereocenters. The van der Waals surface area contributed by atoms with Gasteiger partial charge in [-0.05, 0) is 43.4 Å². The average molecular weight is 353 g/mol. The summed E-state index contributed by atoms with van der Waals surface area (Å²) >= 11 is 3.68. The molecular weight excluding hydrogens is 328 g/mol. The number of likely N-dealkylation sites (N-methyl/N-ethyl adjacent to an activating group) is 1. The van der Waals surface area contributed by atoms with Crippen molar-refractivity contribution in [1.29, 1.82) is 0 Å². The molecule has 2 aliphatic rings. The van der Waals surface area contributed by atoms with Gasteiger partial charge in [-0.3, -0.25) is 0 Å². The molecular formula is C17H25BrN2O. The summed E-state index contributed by atoms with van der Waals surface area (Å²) in [6.07, 6.45) is 6.80. The van der Waals surface area contributed by atoms with Gasteiger partial charge in [-0.25, -0.2) is 0 Å². The van der Waals surface area contributed by atoms with Crippen LogP contribution in [0.3, 0.4) is 0 Å². The first-order valence-electron chi connectivity index (χ1n) is 8.01. The number of hydrogen-bond acceptors (Lipinski definition) is 3. The lowest BCUT2D eigenvalue weighted by Crippen LogP contribution is -2.39. The van der Waals surface area contributed by atoms with Crippen molar-refractivity contribution < 1.29 is 5.11 Å². The zero-order chi connectivity index (χ0) is 14.9. The van der Waals surface area contributed by atoms with Crippen LogP contribution < -0.4 is 10.2 Å². The lowest BCUT2D eigenvalue weighted by molar-refractivity contribution is 0.0559. The SMILES string of the molecule is CN(CC1(O)CCCC1)c1ccc(CNC2CC2)c(Br)c1. The highest BCUT2D eigenvalue weighted by atomic mass is 79.9. The number of benzene rings is 1. The highest BCUT2D eigenvalue weighted by molar-refractivity contribution is 9.10. The Morgan fingerprint density at radius 1 is 1.33 bits per heavy atom. The van der Waals surface area contributed by atoms with Crippen molar-refractivity contribution in [1.82, 2.24) is 5.32 Å². The molecule has 2 aliphatic carbocycles. The maximum absolute atomic E-state index is 10.5. The third-order valence-corrected chi connectivity index (χ3v) is 5.44. The van der Waals surface area contributed by atoms with Gasteiger partial charge in [-0.2, -0.15) is 0 Å². The van der Waals surface area contributed by atoms with Gasteiger partial charge in [0.1, 0.15) is 0 Å². The molecule has 0 radical (unpaired) electrons. The molecule has 0 aliphatic heterocycles. The Morgan fingerprint density at radius 3 is 2.67 bits per heavy atom. The minimum Gasteiger partial charge on any atom is -0.388 e. The van der Waals surface area contributed by atoms with Gasteiger partial charge < -0.3 is 15.3 Å². The Bertz CT molecular complexity index is 496. The van der Waals surface area contributed by atoms with E-state index in [0.717, 1.165) is 55.0 Å². The largest absolute Gasteiger partial charge is 0.388 e. The van der Waals surface area contributed by atoms with Crippen LogP contribution in [0.5, 0.6) is 0 Å². The minimum atomic E-state index is -0.493. The molecule has 0 saturated heterocycles. The van der Waals surface area contributed by atoms with E-state index in [1.54, 1.807) is 0 Å². The van der Waals surface area contributed by atoms with Gasteiger partial charge in [0.05, 0.1) is 5.60 Å². The average Bonchev–Trinajstić information content (AvgIpc) is 3.18. The Morgan fingerprint density at radius 2 is 2.05 bits per heavy atom. The van der Waals surface area contributed by atoms with Crippen LogP contribution in [0.15, 0.2) is 22.7 Å². The summed E-state index contributed by atoms with van der Waals surface area (Å²) in [7, 11) is 2.07. The van der Waals surface area contributed by atoms with Crippen LogP contribution >= 0.6 is 15.9 Å². The molecule has 1 aromatic carbocycles. The number of nitrogens with zero attached hydrogens (tertiary/aromatic N) is 1. The molecule has 2 saturated carbocycles. The molecule has 4 heteroatoms. The summed E-state index contributed by atoms with van der Waals surface area (Å²) in [5.74, 6) is 0. The summed E-state index contributed by atoms with van der Waals surface area (Å²) in [5.41, 5.74) is 1.98. The summed E-state index contributed by atoms with van der Waals surface area (Å²) < 4.78 is 1.15. The molecule has 3 rings (SSSR count). The lowest BCUT2D eigenvalue weighted by Gasteiger charge is -2.30. The summed E-state index contributed by atoms with van der Waals surface area (Å²) in [6, 6.07) is 7.25. The van der Waals surface area contributed by atoms with Crippen LogP contribution in [0.25, 0.3) is 0 Å². The second kappa shape index (κ2) is 6.27. The van der Waals surface area contributed by atoms with Crippen LogP contribution in [0.4, 0.5) is 5.69 Å². The van der Waals surface area contributed by atoms with Crippen LogP contribution in [0.2, 0.25) is 0 Å². The van der Waals surface area contributed by atoms with Crippen LogP contribution in [-0.4, -0.2) is 30.3 Å². The van der Waals surface area contributed by atoms with Crippen LogP contribution in [0.1, 0.15) is 44.1 Å². The van der Waals surface area contributed by atoms with E-state index in [-0.39, 0.29) is 0 Å². The second-order valence-corrected chi connectivity index (χ2v) is 7.57. The fraction of sp³-hybridized carbons (Fsp3) is 0.647. The van der Waals surface area contributed by atoms with E-state index < -0.39 is 5.60 Å². The van der Waals surface area contributed by atoms with Crippen molar-refractivity contribution in [2.24, 2.45) is 0 Å². The first-order valence-corrected chi connectivity index (χ1v) is 8.80. The van der Waals surface area contributed by atoms with E-state index in [4.69, 9.17) is 0 Å². The molecule has 0 unspecified atom stereocenters. The third kappa shape index (κ3) is 3.99. The van der Waals surface area contributed by atoms with E-state index in [0.29, 0.717) is 0 Å². The number of rotatable bonds is 6. The zero-order valence-electron chi connectivity index (χ0n) is 12.7. The van der Waals surface area contributed by atoms with Crippen molar-refractivity contribution in [2.75, 3.05) is 18.5 Å². The highest BCUT2D eigenvalue weighted by Crippen LogP contribution is 2.32. The van der Waals surface area contributed by atoms with Gasteiger partial charge in [-0.15, -0.1) is 0 Å². The maximum atomic E-state index is 10.5. The number of anilines is 1. The Hall–Kier alpha value is -0.580. The maximum Gasteiger partial charge on any atom is 0.0821 e. The molecule has 2 N–H and O–H groups in total. The quantitative estimate of drug-likeness (QED) is 0.822. The normalized spacial score (nSPS) is 20.7. The predicted molar refractivity (Wildman–Crippen MR) is 90.7 cm³/mol. The second-order valence-electron chi connectivity index (χ2n) is 6.72. The summed E-state index contributed by atoms with van der Waals surface area (Å²) in [6.45, 7) is 1.65. The van der Waals surface area contributed by atoms with Gasteiger partial charge in [0.25, 0.3) is 0 Å². The molecule has 0 bridgehead atoms. The highest BCUT2D eigenvalue weighted by Gasteiger charge is 2.32. The van der Waals surface area contributed by atoms with Crippen molar-refractivity contribution in [3.05, 3.63) is 28.2 Å². The van der Waals surface area contributed by atoms with Gasteiger partial charge in [0.15, 0.2) is 0 Å². The van der Waals surface area contributed by atoms with E-state index in [1.165, 1.54) is 18.4 Å². The molecule has 0 heterocycles. The Labute approximate surface area is 135 Å². The van der Waals surface area contributed by atoms with E-state index in [9.17, 15) is 5.11 Å². The number of aliphatic hydroxyl groups is 1. The third-order valence-electron chi connectivity index (χ3n) is 4.70. The van der Waals surface area contributed by atoms with E-state index in [2.05, 4.69) is 51.4 Å². The molecule has 0 amide bonds. The van der Waals surface area contributed by atoms with E-state index >= 15 is 0 Å². The molecule has 0 spiro atoms. The van der Waals surface area contributed by atoms with Crippen molar-refractivity contribution in [2.45, 2.75) is 56.7 Å². The first-order chi connectivity index (χ1) is 10.1. The first kappa shape index (κ1) is 15.3. The molecule has 2 fully saturated rings. The molecule has 0 aromatic heterocycles.